The third kappa shape index (κ3) is 9.65. The topological polar surface area (TPSA) is 16.3 Å². The molecule has 494 valence electrons. The fourth-order valence-corrected chi connectivity index (χ4v) is 17.4. The molecule has 0 saturated carbocycles. The van der Waals surface area contributed by atoms with Crippen molar-refractivity contribution in [3.05, 3.63) is 344 Å². The lowest BCUT2D eigenvalue weighted by Crippen LogP contribution is -2.61. The first-order valence-corrected chi connectivity index (χ1v) is 35.9. The van der Waals surface area contributed by atoms with E-state index in [1.54, 1.807) is 20.5 Å². The van der Waals surface area contributed by atoms with Gasteiger partial charge in [-0.2, -0.15) is 0 Å². The molecule has 20 rings (SSSR count). The average molecular weight is 1370 g/mol. The monoisotopic (exact) mass is 1360 g/mol. The SMILES string of the molecule is [2H]c1c([2H])c([2H])c2c(c1[2H])c1c([2H])c([2H])c([2H])c([2H])c1n2-c1ccc2c(c1)N(c1c(-c3ccccc3)cc(C(C)(C)C)cc1-c1ccccc1)c1cc(-c3cccc4sc5ccccc5c34)cc3c1B2c1ccc(-n2c4c([2H])c([2H])c([2H])c([2H])c4c4c([2H])c([2H])c([2H])c([2H])c42)cc1N3c1c(-c2ccccc2)cc(C(C)(C)C)cc1-c1ccccc1. The summed E-state index contributed by atoms with van der Waals surface area (Å²) in [7, 11) is 0. The lowest BCUT2D eigenvalue weighted by molar-refractivity contribution is 0.590. The minimum atomic E-state index is -0.800. The van der Waals surface area contributed by atoms with Gasteiger partial charge in [0.1, 0.15) is 0 Å². The van der Waals surface area contributed by atoms with Crippen LogP contribution in [0.25, 0.3) is 131 Å². The Labute approximate surface area is 633 Å². The van der Waals surface area contributed by atoms with Gasteiger partial charge in [0.05, 0.1) is 55.4 Å². The van der Waals surface area contributed by atoms with E-state index < -0.39 is 114 Å². The molecule has 6 heteroatoms. The van der Waals surface area contributed by atoms with E-state index in [0.717, 1.165) is 126 Å². The van der Waals surface area contributed by atoms with Gasteiger partial charge in [-0.25, -0.2) is 0 Å². The van der Waals surface area contributed by atoms with Crippen LogP contribution in [0.5, 0.6) is 0 Å². The second kappa shape index (κ2) is 23.7. The number of aromatic nitrogens is 2. The van der Waals surface area contributed by atoms with Crippen molar-refractivity contribution in [2.24, 2.45) is 0 Å². The zero-order valence-corrected chi connectivity index (χ0v) is 58.6. The molecule has 0 atom stereocenters. The summed E-state index contributed by atoms with van der Waals surface area (Å²) in [6, 6.07) is 73.5. The summed E-state index contributed by atoms with van der Waals surface area (Å²) in [4.78, 5) is 4.71. The standard InChI is InChI=1S/C98H73BN4S/c1-97(2,3)67-56-77(62-30-11-7-12-31-62)95(78(57-67)63-32-13-8-14-33-63)102-87-60-69(100-83-44-24-19-38-72(83)73-39-20-25-45-84(73)100)50-52-81(87)99-82-53-51-70(101-85-46-26-21-40-74(85)75-41-22-27-47-86(75)101)61-88(82)103(90-55-66(54-89(102)94(90)99)71-43-29-49-92-93(71)76-42-23-28-48-91(76)104-92)96-79(64-34-15-9-16-35-64)58-68(98(4,5)6)59-80(96)65-36-17-10-18-37-65/h7-61H,1-6H3/i19D,20D,21D,22D,24D,25D,26D,27D,38D,39D,40D,41D,44D,45D,46D,47D. The smallest absolute Gasteiger partial charge is 0.252 e. The Kier molecular flexibility index (Phi) is 10.7. The van der Waals surface area contributed by atoms with E-state index in [-0.39, 0.29) is 43.6 Å². The van der Waals surface area contributed by atoms with Gasteiger partial charge >= 0.3 is 0 Å². The van der Waals surface area contributed by atoms with Gasteiger partial charge in [0.2, 0.25) is 0 Å². The van der Waals surface area contributed by atoms with Gasteiger partial charge in [-0.3, -0.25) is 0 Å². The van der Waals surface area contributed by atoms with Crippen LogP contribution in [0.15, 0.2) is 333 Å². The summed E-state index contributed by atoms with van der Waals surface area (Å²) < 4.78 is 158. The number of thiophene rings is 1. The molecule has 104 heavy (non-hydrogen) atoms. The quantitative estimate of drug-likeness (QED) is 0.134. The number of anilines is 6. The van der Waals surface area contributed by atoms with Gasteiger partial charge < -0.3 is 18.9 Å². The number of para-hydroxylation sites is 4. The molecule has 5 heterocycles. The highest BCUT2D eigenvalue weighted by molar-refractivity contribution is 7.26. The molecule has 0 fully saturated rings. The Balaban J connectivity index is 1.04. The number of nitrogens with zero attached hydrogens (tertiary/aromatic N) is 4. The van der Waals surface area contributed by atoms with Crippen molar-refractivity contribution in [1.29, 1.82) is 0 Å². The first-order valence-electron chi connectivity index (χ1n) is 43.1. The van der Waals surface area contributed by atoms with Crippen LogP contribution < -0.4 is 26.2 Å². The van der Waals surface area contributed by atoms with Crippen LogP contribution in [0.4, 0.5) is 34.1 Å². The first-order chi connectivity index (χ1) is 57.5. The van der Waals surface area contributed by atoms with E-state index in [1.165, 1.54) is 0 Å². The number of benzene rings is 15. The maximum absolute atomic E-state index is 9.94. The molecule has 0 spiro atoms. The lowest BCUT2D eigenvalue weighted by atomic mass is 9.33. The lowest BCUT2D eigenvalue weighted by Gasteiger charge is -2.46. The number of fused-ring (bicyclic) bond motifs is 13. The predicted octanol–water partition coefficient (Wildman–Crippen LogP) is 25.3. The molecule has 0 N–H and O–H groups in total. The maximum Gasteiger partial charge on any atom is 0.252 e. The van der Waals surface area contributed by atoms with E-state index >= 15 is 0 Å². The van der Waals surface area contributed by atoms with Crippen molar-refractivity contribution >= 4 is 132 Å². The number of rotatable bonds is 9. The van der Waals surface area contributed by atoms with Gasteiger partial charge in [0, 0.05) is 98.1 Å². The van der Waals surface area contributed by atoms with Crippen molar-refractivity contribution < 1.29 is 21.9 Å². The van der Waals surface area contributed by atoms with Crippen LogP contribution in [0, 0.1) is 0 Å². The molecule has 0 saturated heterocycles. The van der Waals surface area contributed by atoms with Gasteiger partial charge in [0.25, 0.3) is 6.71 Å². The number of hydrogen-bond donors (Lipinski definition) is 0. The summed E-state index contributed by atoms with van der Waals surface area (Å²) >= 11 is 1.70. The van der Waals surface area contributed by atoms with E-state index in [1.807, 2.05) is 109 Å². The van der Waals surface area contributed by atoms with Crippen LogP contribution >= 0.6 is 11.3 Å². The maximum atomic E-state index is 9.94. The Bertz CT molecular complexity index is 6860. The minimum Gasteiger partial charge on any atom is -0.310 e. The van der Waals surface area contributed by atoms with Gasteiger partial charge in [-0.1, -0.05) is 278 Å². The molecule has 4 nitrogen and oxygen atoms in total. The fraction of sp³-hybridized carbons (Fsp3) is 0.0816. The van der Waals surface area contributed by atoms with Crippen LogP contribution in [-0.4, -0.2) is 15.8 Å². The van der Waals surface area contributed by atoms with Crippen molar-refractivity contribution in [2.75, 3.05) is 9.80 Å². The Morgan fingerprint density at radius 2 is 0.663 bits per heavy atom. The Morgan fingerprint density at radius 3 is 1.05 bits per heavy atom. The molecule has 2 aliphatic heterocycles. The zero-order chi connectivity index (χ0) is 83.6. The molecule has 15 aromatic carbocycles. The zero-order valence-electron chi connectivity index (χ0n) is 73.8. The Hall–Kier alpha value is -12.2. The van der Waals surface area contributed by atoms with Gasteiger partial charge in [-0.05, 0) is 169 Å². The summed E-state index contributed by atoms with van der Waals surface area (Å²) in [6.07, 6.45) is 0. The molecule has 18 aromatic rings. The molecule has 0 radical (unpaired) electrons. The van der Waals surface area contributed by atoms with Crippen LogP contribution in [-0.2, 0) is 10.8 Å². The molecule has 0 bridgehead atoms. The molecule has 0 aliphatic carbocycles. The van der Waals surface area contributed by atoms with Crippen molar-refractivity contribution in [1.82, 2.24) is 9.13 Å². The first kappa shape index (κ1) is 47.1. The largest absolute Gasteiger partial charge is 0.310 e. The Morgan fingerprint density at radius 1 is 0.308 bits per heavy atom. The second-order valence-corrected chi connectivity index (χ2v) is 30.2. The van der Waals surface area contributed by atoms with Crippen molar-refractivity contribution in [3.8, 4) is 67.0 Å². The highest BCUT2D eigenvalue weighted by Gasteiger charge is 2.46. The summed E-state index contributed by atoms with van der Waals surface area (Å²) in [5, 5.41) is 1.77. The van der Waals surface area contributed by atoms with Crippen molar-refractivity contribution in [3.63, 3.8) is 0 Å². The third-order valence-corrected chi connectivity index (χ3v) is 22.2. The van der Waals surface area contributed by atoms with E-state index in [9.17, 15) is 16.4 Å². The van der Waals surface area contributed by atoms with E-state index in [0.29, 0.717) is 22.7 Å². The highest BCUT2D eigenvalue weighted by atomic mass is 32.1. The van der Waals surface area contributed by atoms with Crippen molar-refractivity contribution in [2.45, 2.75) is 52.4 Å². The van der Waals surface area contributed by atoms with Crippen LogP contribution in [0.2, 0.25) is 0 Å². The second-order valence-electron chi connectivity index (χ2n) is 29.2. The predicted molar refractivity (Wildman–Crippen MR) is 447 cm³/mol. The summed E-state index contributed by atoms with van der Waals surface area (Å²) in [5.41, 5.74) is 16.8. The fourth-order valence-electron chi connectivity index (χ4n) is 16.2. The molecule has 0 unspecified atom stereocenters. The normalized spacial score (nSPS) is 15.0. The number of hydrogen-bond acceptors (Lipinski definition) is 3. The van der Waals surface area contributed by atoms with E-state index in [2.05, 4.69) is 179 Å². The summed E-state index contributed by atoms with van der Waals surface area (Å²) in [6.45, 7) is 12.4. The molecular weight excluding hydrogens is 1280 g/mol. The molecule has 2 aliphatic rings. The van der Waals surface area contributed by atoms with Crippen LogP contribution in [0.1, 0.15) is 74.6 Å². The molecule has 3 aromatic heterocycles. The highest BCUT2D eigenvalue weighted by Crippen LogP contribution is 2.56. The molecule has 0 amide bonds. The van der Waals surface area contributed by atoms with Gasteiger partial charge in [-0.15, -0.1) is 11.3 Å². The average Bonchev–Trinajstić information content (AvgIpc) is 1.13. The summed E-state index contributed by atoms with van der Waals surface area (Å²) in [5.74, 6) is 0. The third-order valence-electron chi connectivity index (χ3n) is 21.1. The van der Waals surface area contributed by atoms with Gasteiger partial charge in [0.15, 0.2) is 0 Å². The van der Waals surface area contributed by atoms with E-state index in [4.69, 9.17) is 5.48 Å². The molecular formula is C98H73BN4S. The minimum absolute atomic E-state index is 0.0530. The van der Waals surface area contributed by atoms with Crippen LogP contribution in [0.3, 0.4) is 0 Å².